The molecule has 3 aromatic rings. The number of aromatic nitrogens is 1. The standard InChI is InChI=1S/C20H22N2O3S/c1-13-6-8-16-11-17(20(23)21-18(16)9-13)12-22(26(4,24)25)19-10-14(2)5-7-15(19)3/h5-11H,12H2,1-4H3,(H,21,23). The van der Waals surface area contributed by atoms with Crippen molar-refractivity contribution in [3.05, 3.63) is 75.1 Å². The molecule has 6 heteroatoms. The highest BCUT2D eigenvalue weighted by molar-refractivity contribution is 7.92. The number of aryl methyl sites for hydroxylation is 3. The summed E-state index contributed by atoms with van der Waals surface area (Å²) in [4.78, 5) is 15.4. The molecule has 0 bridgehead atoms. The number of sulfonamides is 1. The van der Waals surface area contributed by atoms with Gasteiger partial charge in [0, 0.05) is 11.1 Å². The smallest absolute Gasteiger partial charge is 0.253 e. The van der Waals surface area contributed by atoms with Crippen LogP contribution in [0.4, 0.5) is 5.69 Å². The van der Waals surface area contributed by atoms with Gasteiger partial charge in [0.2, 0.25) is 10.0 Å². The second-order valence-corrected chi connectivity index (χ2v) is 8.68. The zero-order chi connectivity index (χ0) is 19.1. The van der Waals surface area contributed by atoms with Crippen molar-refractivity contribution >= 4 is 26.6 Å². The number of nitrogens with one attached hydrogen (secondary N) is 1. The lowest BCUT2D eigenvalue weighted by Gasteiger charge is -2.24. The van der Waals surface area contributed by atoms with Crippen LogP contribution in [-0.4, -0.2) is 19.7 Å². The number of H-pyrrole nitrogens is 1. The topological polar surface area (TPSA) is 70.2 Å². The maximum absolute atomic E-state index is 12.5. The van der Waals surface area contributed by atoms with E-state index in [0.29, 0.717) is 11.3 Å². The van der Waals surface area contributed by atoms with Gasteiger partial charge in [0.05, 0.1) is 18.5 Å². The van der Waals surface area contributed by atoms with Gasteiger partial charge >= 0.3 is 0 Å². The highest BCUT2D eigenvalue weighted by Crippen LogP contribution is 2.26. The Hall–Kier alpha value is -2.60. The predicted molar refractivity (Wildman–Crippen MR) is 106 cm³/mol. The SMILES string of the molecule is Cc1ccc(C)c(N(Cc2cc3ccc(C)cc3[nH]c2=O)S(C)(=O)=O)c1. The van der Waals surface area contributed by atoms with Gasteiger partial charge in [-0.15, -0.1) is 0 Å². The lowest BCUT2D eigenvalue weighted by Crippen LogP contribution is -2.32. The third kappa shape index (κ3) is 3.65. The van der Waals surface area contributed by atoms with Crippen LogP contribution in [0, 0.1) is 20.8 Å². The number of nitrogens with zero attached hydrogens (tertiary/aromatic N) is 1. The van der Waals surface area contributed by atoms with Crippen molar-refractivity contribution in [2.75, 3.05) is 10.6 Å². The Kier molecular flexibility index (Phi) is 4.63. The average Bonchev–Trinajstić information content (AvgIpc) is 2.54. The van der Waals surface area contributed by atoms with E-state index in [1.54, 1.807) is 6.07 Å². The Morgan fingerprint density at radius 3 is 2.31 bits per heavy atom. The molecule has 136 valence electrons. The summed E-state index contributed by atoms with van der Waals surface area (Å²) in [5.41, 5.74) is 4.33. The summed E-state index contributed by atoms with van der Waals surface area (Å²) in [6.45, 7) is 5.72. The van der Waals surface area contributed by atoms with Crippen LogP contribution in [0.3, 0.4) is 0 Å². The molecule has 0 amide bonds. The Labute approximate surface area is 153 Å². The van der Waals surface area contributed by atoms with Crippen molar-refractivity contribution in [1.82, 2.24) is 4.98 Å². The lowest BCUT2D eigenvalue weighted by atomic mass is 10.1. The first-order valence-corrected chi connectivity index (χ1v) is 10.2. The molecule has 3 rings (SSSR count). The van der Waals surface area contributed by atoms with Gasteiger partial charge in [-0.05, 0) is 61.0 Å². The van der Waals surface area contributed by atoms with Crippen LogP contribution in [-0.2, 0) is 16.6 Å². The largest absolute Gasteiger partial charge is 0.322 e. The molecule has 0 radical (unpaired) electrons. The molecule has 0 atom stereocenters. The minimum Gasteiger partial charge on any atom is -0.322 e. The molecular formula is C20H22N2O3S. The fourth-order valence-corrected chi connectivity index (χ4v) is 3.93. The molecule has 0 unspecified atom stereocenters. The Balaban J connectivity index is 2.12. The summed E-state index contributed by atoms with van der Waals surface area (Å²) in [6.07, 6.45) is 1.16. The van der Waals surface area contributed by atoms with Crippen LogP contribution < -0.4 is 9.86 Å². The van der Waals surface area contributed by atoms with Gasteiger partial charge in [-0.2, -0.15) is 0 Å². The van der Waals surface area contributed by atoms with Gasteiger partial charge in [0.15, 0.2) is 0 Å². The van der Waals surface area contributed by atoms with Crippen molar-refractivity contribution in [3.8, 4) is 0 Å². The molecule has 26 heavy (non-hydrogen) atoms. The highest BCUT2D eigenvalue weighted by atomic mass is 32.2. The van der Waals surface area contributed by atoms with Crippen molar-refractivity contribution < 1.29 is 8.42 Å². The van der Waals surface area contributed by atoms with E-state index < -0.39 is 10.0 Å². The fourth-order valence-electron chi connectivity index (χ4n) is 3.00. The first-order valence-electron chi connectivity index (χ1n) is 8.33. The van der Waals surface area contributed by atoms with Crippen LogP contribution in [0.1, 0.15) is 22.3 Å². The van der Waals surface area contributed by atoms with Crippen molar-refractivity contribution in [2.24, 2.45) is 0 Å². The molecule has 0 fully saturated rings. The first kappa shape index (κ1) is 18.2. The number of fused-ring (bicyclic) bond motifs is 1. The van der Waals surface area contributed by atoms with E-state index >= 15 is 0 Å². The number of hydrogen-bond acceptors (Lipinski definition) is 3. The average molecular weight is 370 g/mol. The summed E-state index contributed by atoms with van der Waals surface area (Å²) in [7, 11) is -3.55. The minimum atomic E-state index is -3.55. The van der Waals surface area contributed by atoms with Crippen LogP contribution in [0.25, 0.3) is 10.9 Å². The number of aromatic amines is 1. The summed E-state index contributed by atoms with van der Waals surface area (Å²) in [5, 5.41) is 0.875. The highest BCUT2D eigenvalue weighted by Gasteiger charge is 2.21. The summed E-state index contributed by atoms with van der Waals surface area (Å²) in [6, 6.07) is 13.2. The molecule has 0 aliphatic rings. The van der Waals surface area contributed by atoms with Gasteiger partial charge in [-0.25, -0.2) is 8.42 Å². The van der Waals surface area contributed by atoms with Crippen molar-refractivity contribution in [3.63, 3.8) is 0 Å². The maximum Gasteiger partial charge on any atom is 0.253 e. The van der Waals surface area contributed by atoms with Crippen molar-refractivity contribution in [2.45, 2.75) is 27.3 Å². The Morgan fingerprint density at radius 1 is 0.962 bits per heavy atom. The zero-order valence-corrected chi connectivity index (χ0v) is 16.1. The van der Waals surface area contributed by atoms with Gasteiger partial charge in [-0.1, -0.05) is 24.3 Å². The summed E-state index contributed by atoms with van der Waals surface area (Å²) >= 11 is 0. The molecule has 0 spiro atoms. The van der Waals surface area contributed by atoms with Gasteiger partial charge < -0.3 is 4.98 Å². The van der Waals surface area contributed by atoms with E-state index in [1.807, 2.05) is 57.2 Å². The molecule has 0 saturated heterocycles. The Morgan fingerprint density at radius 2 is 1.62 bits per heavy atom. The minimum absolute atomic E-state index is 0.0116. The number of hydrogen-bond donors (Lipinski definition) is 1. The van der Waals surface area contributed by atoms with Crippen LogP contribution in [0.15, 0.2) is 47.3 Å². The van der Waals surface area contributed by atoms with Crippen molar-refractivity contribution in [1.29, 1.82) is 0 Å². The summed E-state index contributed by atoms with van der Waals surface area (Å²) < 4.78 is 26.2. The molecular weight excluding hydrogens is 348 g/mol. The molecule has 0 aliphatic carbocycles. The fraction of sp³-hybridized carbons (Fsp3) is 0.250. The van der Waals surface area contributed by atoms with Crippen LogP contribution in [0.2, 0.25) is 0 Å². The second kappa shape index (κ2) is 6.61. The quantitative estimate of drug-likeness (QED) is 0.765. The molecule has 0 saturated carbocycles. The normalized spacial score (nSPS) is 11.7. The predicted octanol–water partition coefficient (Wildman–Crippen LogP) is 3.42. The third-order valence-electron chi connectivity index (χ3n) is 4.43. The van der Waals surface area contributed by atoms with E-state index in [2.05, 4.69) is 4.98 Å². The number of benzene rings is 2. The van der Waals surface area contributed by atoms with E-state index in [-0.39, 0.29) is 12.1 Å². The zero-order valence-electron chi connectivity index (χ0n) is 15.3. The van der Waals surface area contributed by atoms with Crippen LogP contribution in [0.5, 0.6) is 0 Å². The molecule has 1 N–H and O–H groups in total. The van der Waals surface area contributed by atoms with E-state index in [1.165, 1.54) is 4.31 Å². The van der Waals surface area contributed by atoms with Gasteiger partial charge in [-0.3, -0.25) is 9.10 Å². The monoisotopic (exact) mass is 370 g/mol. The molecule has 0 aliphatic heterocycles. The van der Waals surface area contributed by atoms with Crippen LogP contribution >= 0.6 is 0 Å². The van der Waals surface area contributed by atoms with E-state index in [9.17, 15) is 13.2 Å². The number of pyridine rings is 1. The number of anilines is 1. The number of rotatable bonds is 4. The third-order valence-corrected chi connectivity index (χ3v) is 5.55. The maximum atomic E-state index is 12.5. The molecule has 2 aromatic carbocycles. The lowest BCUT2D eigenvalue weighted by molar-refractivity contribution is 0.596. The van der Waals surface area contributed by atoms with Gasteiger partial charge in [0.1, 0.15) is 0 Å². The van der Waals surface area contributed by atoms with Gasteiger partial charge in [0.25, 0.3) is 5.56 Å². The first-order chi connectivity index (χ1) is 12.1. The van der Waals surface area contributed by atoms with E-state index in [0.717, 1.165) is 33.8 Å². The molecule has 1 aromatic heterocycles. The summed E-state index contributed by atoms with van der Waals surface area (Å²) in [5.74, 6) is 0. The Bertz CT molecular complexity index is 1150. The molecule has 1 heterocycles. The second-order valence-electron chi connectivity index (χ2n) is 6.77. The molecule has 5 nitrogen and oxygen atoms in total. The van der Waals surface area contributed by atoms with E-state index in [4.69, 9.17) is 0 Å².